The molecule has 3 rings (SSSR count). The maximum Gasteiger partial charge on any atom is 0.254 e. The maximum atomic E-state index is 13.0. The van der Waals surface area contributed by atoms with E-state index in [1.807, 2.05) is 22.6 Å². The molecule has 1 N–H and O–H groups in total. The van der Waals surface area contributed by atoms with Crippen LogP contribution in [0, 0.1) is 12.8 Å². The third-order valence-corrected chi connectivity index (χ3v) is 5.13. The lowest BCUT2D eigenvalue weighted by Gasteiger charge is -2.18. The zero-order valence-corrected chi connectivity index (χ0v) is 14.9. The van der Waals surface area contributed by atoms with Gasteiger partial charge in [-0.05, 0) is 39.7 Å². The fourth-order valence-corrected chi connectivity index (χ4v) is 3.35. The number of carbonyl (C=O) groups is 1. The average molecular weight is 330 g/mol. The molecular weight excluding hydrogens is 304 g/mol. The van der Waals surface area contributed by atoms with E-state index in [0.29, 0.717) is 18.7 Å². The van der Waals surface area contributed by atoms with Gasteiger partial charge in [-0.1, -0.05) is 6.92 Å². The Morgan fingerprint density at radius 2 is 2.21 bits per heavy atom. The number of rotatable bonds is 4. The molecule has 0 aromatic carbocycles. The summed E-state index contributed by atoms with van der Waals surface area (Å²) in [6.07, 6.45) is 3.18. The predicted octanol–water partition coefficient (Wildman–Crippen LogP) is 2.55. The van der Waals surface area contributed by atoms with Gasteiger partial charge in [-0.15, -0.1) is 0 Å². The van der Waals surface area contributed by atoms with E-state index in [9.17, 15) is 9.90 Å². The zero-order chi connectivity index (χ0) is 17.4. The number of likely N-dealkylation sites (tertiary alicyclic amines) is 1. The molecule has 1 aliphatic rings. The van der Waals surface area contributed by atoms with E-state index in [2.05, 4.69) is 23.9 Å². The van der Waals surface area contributed by atoms with Crippen LogP contribution in [0.25, 0.3) is 11.0 Å². The second kappa shape index (κ2) is 6.51. The lowest BCUT2D eigenvalue weighted by atomic mass is 10.0. The summed E-state index contributed by atoms with van der Waals surface area (Å²) in [6.45, 7) is 9.22. The average Bonchev–Trinajstić information content (AvgIpc) is 3.19. The standard InChI is InChI=1S/C18H26N4O2/c1-5-12(3)22-17-16(9-19-22)15(8-11(2)20-17)18(24)21-7-6-14(10-21)13(4)23/h8-9,12-14,23H,5-7,10H2,1-4H3. The zero-order valence-electron chi connectivity index (χ0n) is 14.9. The number of pyridine rings is 1. The Balaban J connectivity index is 1.98. The molecule has 0 spiro atoms. The van der Waals surface area contributed by atoms with E-state index < -0.39 is 0 Å². The summed E-state index contributed by atoms with van der Waals surface area (Å²) >= 11 is 0. The number of hydrogen-bond acceptors (Lipinski definition) is 4. The number of aliphatic hydroxyl groups excluding tert-OH is 1. The molecule has 130 valence electrons. The molecule has 0 aliphatic carbocycles. The molecule has 1 saturated heterocycles. The molecular formula is C18H26N4O2. The Morgan fingerprint density at radius 3 is 2.83 bits per heavy atom. The first-order valence-electron chi connectivity index (χ1n) is 8.74. The van der Waals surface area contributed by atoms with Gasteiger partial charge in [0.15, 0.2) is 5.65 Å². The maximum absolute atomic E-state index is 13.0. The summed E-state index contributed by atoms with van der Waals surface area (Å²) in [4.78, 5) is 19.5. The summed E-state index contributed by atoms with van der Waals surface area (Å²) in [6, 6.07) is 2.09. The van der Waals surface area contributed by atoms with Gasteiger partial charge in [0.1, 0.15) is 0 Å². The molecule has 1 amide bonds. The molecule has 0 bridgehead atoms. The van der Waals surface area contributed by atoms with Gasteiger partial charge >= 0.3 is 0 Å². The van der Waals surface area contributed by atoms with Crippen molar-refractivity contribution in [1.82, 2.24) is 19.7 Å². The van der Waals surface area contributed by atoms with Gasteiger partial charge < -0.3 is 10.0 Å². The highest BCUT2D eigenvalue weighted by Gasteiger charge is 2.31. The van der Waals surface area contributed by atoms with Gasteiger partial charge in [0.25, 0.3) is 5.91 Å². The first-order valence-corrected chi connectivity index (χ1v) is 8.74. The molecule has 6 heteroatoms. The second-order valence-corrected chi connectivity index (χ2v) is 6.94. The fraction of sp³-hybridized carbons (Fsp3) is 0.611. The van der Waals surface area contributed by atoms with E-state index in [1.165, 1.54) is 0 Å². The van der Waals surface area contributed by atoms with Crippen LogP contribution in [0.2, 0.25) is 0 Å². The normalized spacial score (nSPS) is 20.5. The summed E-state index contributed by atoms with van der Waals surface area (Å²) < 4.78 is 1.90. The first-order chi connectivity index (χ1) is 11.4. The van der Waals surface area contributed by atoms with E-state index in [1.54, 1.807) is 13.1 Å². The molecule has 6 nitrogen and oxygen atoms in total. The smallest absolute Gasteiger partial charge is 0.254 e. The molecule has 2 aromatic rings. The number of aryl methyl sites for hydroxylation is 1. The van der Waals surface area contributed by atoms with Crippen molar-refractivity contribution in [1.29, 1.82) is 0 Å². The van der Waals surface area contributed by atoms with Gasteiger partial charge in [0.2, 0.25) is 0 Å². The Labute approximate surface area is 142 Å². The third kappa shape index (κ3) is 2.90. The summed E-state index contributed by atoms with van der Waals surface area (Å²) in [5.41, 5.74) is 2.26. The molecule has 0 saturated carbocycles. The van der Waals surface area contributed by atoms with E-state index in [4.69, 9.17) is 0 Å². The van der Waals surface area contributed by atoms with Crippen LogP contribution in [-0.4, -0.2) is 49.9 Å². The van der Waals surface area contributed by atoms with Crippen molar-refractivity contribution in [2.45, 2.75) is 52.7 Å². The molecule has 1 fully saturated rings. The first kappa shape index (κ1) is 16.9. The quantitative estimate of drug-likeness (QED) is 0.935. The van der Waals surface area contributed by atoms with Crippen molar-refractivity contribution >= 4 is 16.9 Å². The predicted molar refractivity (Wildman–Crippen MR) is 93.0 cm³/mol. The van der Waals surface area contributed by atoms with Gasteiger partial charge in [-0.2, -0.15) is 5.10 Å². The topological polar surface area (TPSA) is 71.2 Å². The lowest BCUT2D eigenvalue weighted by Crippen LogP contribution is -2.30. The van der Waals surface area contributed by atoms with E-state index in [0.717, 1.165) is 29.6 Å². The van der Waals surface area contributed by atoms with Crippen molar-refractivity contribution in [3.63, 3.8) is 0 Å². The third-order valence-electron chi connectivity index (χ3n) is 5.13. The van der Waals surface area contributed by atoms with Crippen molar-refractivity contribution < 1.29 is 9.90 Å². The van der Waals surface area contributed by atoms with Crippen molar-refractivity contribution in [2.75, 3.05) is 13.1 Å². The number of fused-ring (bicyclic) bond motifs is 1. The van der Waals surface area contributed by atoms with Crippen LogP contribution < -0.4 is 0 Å². The van der Waals surface area contributed by atoms with Crippen LogP contribution in [-0.2, 0) is 0 Å². The number of hydrogen-bond donors (Lipinski definition) is 1. The Morgan fingerprint density at radius 1 is 1.46 bits per heavy atom. The van der Waals surface area contributed by atoms with Crippen LogP contribution in [0.15, 0.2) is 12.3 Å². The van der Waals surface area contributed by atoms with Gasteiger partial charge in [-0.3, -0.25) is 4.79 Å². The van der Waals surface area contributed by atoms with Crippen molar-refractivity contribution in [3.05, 3.63) is 23.5 Å². The summed E-state index contributed by atoms with van der Waals surface area (Å²) in [5.74, 6) is 0.174. The highest BCUT2D eigenvalue weighted by atomic mass is 16.3. The Kier molecular flexibility index (Phi) is 4.58. The minimum atomic E-state index is -0.379. The monoisotopic (exact) mass is 330 g/mol. The SMILES string of the molecule is CCC(C)n1ncc2c(C(=O)N3CCC(C(C)O)C3)cc(C)nc21. The Hall–Kier alpha value is -1.95. The number of nitrogens with zero attached hydrogens (tertiary/aromatic N) is 4. The molecule has 24 heavy (non-hydrogen) atoms. The van der Waals surface area contributed by atoms with Crippen molar-refractivity contribution in [3.8, 4) is 0 Å². The van der Waals surface area contributed by atoms with Crippen LogP contribution in [0.5, 0.6) is 0 Å². The molecule has 0 radical (unpaired) electrons. The highest BCUT2D eigenvalue weighted by molar-refractivity contribution is 6.05. The molecule has 3 unspecified atom stereocenters. The van der Waals surface area contributed by atoms with Crippen LogP contribution in [0.1, 0.15) is 55.7 Å². The minimum Gasteiger partial charge on any atom is -0.393 e. The van der Waals surface area contributed by atoms with Crippen molar-refractivity contribution in [2.24, 2.45) is 5.92 Å². The molecule has 3 atom stereocenters. The van der Waals surface area contributed by atoms with Gasteiger partial charge in [-0.25, -0.2) is 9.67 Å². The minimum absolute atomic E-state index is 0.0114. The van der Waals surface area contributed by atoms with Crippen LogP contribution in [0.4, 0.5) is 0 Å². The molecule has 1 aliphatic heterocycles. The number of aliphatic hydroxyl groups is 1. The van der Waals surface area contributed by atoms with Gasteiger partial charge in [0, 0.05) is 24.7 Å². The van der Waals surface area contributed by atoms with Crippen LogP contribution >= 0.6 is 0 Å². The molecule has 3 heterocycles. The van der Waals surface area contributed by atoms with Gasteiger partial charge in [0.05, 0.1) is 29.3 Å². The largest absolute Gasteiger partial charge is 0.393 e. The number of amides is 1. The van der Waals surface area contributed by atoms with Crippen LogP contribution in [0.3, 0.4) is 0 Å². The molecule has 2 aromatic heterocycles. The highest BCUT2D eigenvalue weighted by Crippen LogP contribution is 2.26. The van der Waals surface area contributed by atoms with E-state index in [-0.39, 0.29) is 24.0 Å². The van der Waals surface area contributed by atoms with E-state index >= 15 is 0 Å². The summed E-state index contributed by atoms with van der Waals surface area (Å²) in [5, 5.41) is 15.0. The fourth-order valence-electron chi connectivity index (χ4n) is 3.35. The number of aromatic nitrogens is 3. The lowest BCUT2D eigenvalue weighted by molar-refractivity contribution is 0.0764. The second-order valence-electron chi connectivity index (χ2n) is 6.94. The summed E-state index contributed by atoms with van der Waals surface area (Å²) in [7, 11) is 0. The number of carbonyl (C=O) groups excluding carboxylic acids is 1. The Bertz CT molecular complexity index is 753.